The average Bonchev–Trinajstić information content (AvgIpc) is 2.87. The molecule has 0 radical (unpaired) electrons. The molecule has 0 saturated heterocycles. The third-order valence-electron chi connectivity index (χ3n) is 3.08. The molecule has 6 heteroatoms. The number of hydrogen-bond donors (Lipinski definition) is 2. The lowest BCUT2D eigenvalue weighted by Crippen LogP contribution is -2.12. The monoisotopic (exact) mass is 299 g/mol. The number of rotatable bonds is 4. The number of benzene rings is 1. The predicted molar refractivity (Wildman–Crippen MR) is 81.7 cm³/mol. The van der Waals surface area contributed by atoms with Crippen LogP contribution < -0.4 is 10.5 Å². The van der Waals surface area contributed by atoms with E-state index in [-0.39, 0.29) is 0 Å². The third-order valence-corrected chi connectivity index (χ3v) is 4.27. The number of aromatic nitrogens is 2. The van der Waals surface area contributed by atoms with Crippen LogP contribution in [0.4, 0.5) is 0 Å². The molecule has 3 aromatic rings. The summed E-state index contributed by atoms with van der Waals surface area (Å²) in [5.41, 5.74) is 6.63. The lowest BCUT2D eigenvalue weighted by atomic mass is 10.3. The van der Waals surface area contributed by atoms with E-state index in [1.54, 1.807) is 19.5 Å². The van der Waals surface area contributed by atoms with Gasteiger partial charge >= 0.3 is 0 Å². The number of fused-ring (bicyclic) bond motifs is 1. The van der Waals surface area contributed by atoms with E-state index in [1.807, 2.05) is 30.3 Å². The normalized spacial score (nSPS) is 10.7. The average molecular weight is 299 g/mol. The van der Waals surface area contributed by atoms with E-state index < -0.39 is 5.91 Å². The fourth-order valence-electron chi connectivity index (χ4n) is 2.11. The molecule has 1 aromatic carbocycles. The van der Waals surface area contributed by atoms with E-state index in [0.29, 0.717) is 5.69 Å². The second-order valence-electron chi connectivity index (χ2n) is 4.37. The lowest BCUT2D eigenvalue weighted by Gasteiger charge is -2.07. The highest BCUT2D eigenvalue weighted by Crippen LogP contribution is 2.40. The molecular weight excluding hydrogens is 286 g/mol. The Hall–Kier alpha value is -2.47. The minimum Gasteiger partial charge on any atom is -0.496 e. The van der Waals surface area contributed by atoms with Gasteiger partial charge in [0.05, 0.1) is 28.6 Å². The van der Waals surface area contributed by atoms with Crippen LogP contribution in [0.1, 0.15) is 10.5 Å². The van der Waals surface area contributed by atoms with Gasteiger partial charge < -0.3 is 15.5 Å². The molecule has 0 bridgehead atoms. The summed E-state index contributed by atoms with van der Waals surface area (Å²) in [5.74, 6) is 0.255. The topological polar surface area (TPSA) is 81.0 Å². The number of hydrogen-bond acceptors (Lipinski definition) is 4. The molecule has 2 aromatic heterocycles. The van der Waals surface area contributed by atoms with Gasteiger partial charge in [0.25, 0.3) is 5.91 Å². The van der Waals surface area contributed by atoms with E-state index in [1.165, 1.54) is 11.8 Å². The van der Waals surface area contributed by atoms with E-state index in [0.717, 1.165) is 26.4 Å². The van der Waals surface area contributed by atoms with Gasteiger partial charge in [-0.2, -0.15) is 0 Å². The molecule has 0 aliphatic carbocycles. The van der Waals surface area contributed by atoms with Crippen molar-refractivity contribution >= 4 is 28.6 Å². The number of H-pyrrole nitrogens is 1. The number of nitrogens with two attached hydrogens (primary N) is 1. The molecule has 0 aliphatic heterocycles. The first-order valence-electron chi connectivity index (χ1n) is 6.27. The maximum atomic E-state index is 11.7. The van der Waals surface area contributed by atoms with Crippen molar-refractivity contribution in [2.45, 2.75) is 9.79 Å². The predicted octanol–water partition coefficient (Wildman–Crippen LogP) is 2.82. The summed E-state index contributed by atoms with van der Waals surface area (Å²) in [4.78, 5) is 20.4. The first kappa shape index (κ1) is 13.5. The summed E-state index contributed by atoms with van der Waals surface area (Å²) >= 11 is 1.45. The number of para-hydroxylation sites is 1. The van der Waals surface area contributed by atoms with Crippen molar-refractivity contribution in [3.8, 4) is 5.75 Å². The van der Waals surface area contributed by atoms with Crippen LogP contribution in [0.15, 0.2) is 52.5 Å². The van der Waals surface area contributed by atoms with Crippen molar-refractivity contribution in [3.05, 3.63) is 48.4 Å². The molecule has 0 saturated carbocycles. The number of carbonyl (C=O) groups is 1. The first-order chi connectivity index (χ1) is 10.2. The maximum Gasteiger partial charge on any atom is 0.266 e. The molecule has 106 valence electrons. The van der Waals surface area contributed by atoms with Gasteiger partial charge in [0.1, 0.15) is 11.4 Å². The fourth-order valence-corrected chi connectivity index (χ4v) is 3.27. The molecule has 0 unspecified atom stereocenters. The molecule has 0 fully saturated rings. The number of amides is 1. The third kappa shape index (κ3) is 2.45. The lowest BCUT2D eigenvalue weighted by molar-refractivity contribution is 0.0993. The molecule has 5 nitrogen and oxygen atoms in total. The maximum absolute atomic E-state index is 11.7. The molecule has 0 spiro atoms. The van der Waals surface area contributed by atoms with Crippen LogP contribution in [-0.2, 0) is 0 Å². The molecule has 1 amide bonds. The summed E-state index contributed by atoms with van der Waals surface area (Å²) in [5, 5.41) is 0.912. The SMILES string of the molecule is COc1ccccc1Sc1c(C(N)=O)[nH]c2cnccc12. The van der Waals surface area contributed by atoms with Crippen LogP contribution in [0.3, 0.4) is 0 Å². The minimum atomic E-state index is -0.497. The Morgan fingerprint density at radius 3 is 2.90 bits per heavy atom. The zero-order valence-corrected chi connectivity index (χ0v) is 12.1. The van der Waals surface area contributed by atoms with E-state index in [4.69, 9.17) is 10.5 Å². The standard InChI is InChI=1S/C15H13N3O2S/c1-20-11-4-2-3-5-12(11)21-14-9-6-7-17-8-10(9)18-13(14)15(16)19/h2-8,18H,1H3,(H2,16,19). The summed E-state index contributed by atoms with van der Waals surface area (Å²) in [7, 11) is 1.62. The smallest absolute Gasteiger partial charge is 0.266 e. The number of methoxy groups -OCH3 is 1. The quantitative estimate of drug-likeness (QED) is 0.776. The first-order valence-corrected chi connectivity index (χ1v) is 7.08. The molecule has 0 aliphatic rings. The summed E-state index contributed by atoms with van der Waals surface area (Å²) in [6.45, 7) is 0. The number of primary amides is 1. The highest BCUT2D eigenvalue weighted by atomic mass is 32.2. The summed E-state index contributed by atoms with van der Waals surface area (Å²) in [6, 6.07) is 9.50. The highest BCUT2D eigenvalue weighted by molar-refractivity contribution is 7.99. The number of aromatic amines is 1. The van der Waals surface area contributed by atoms with Gasteiger partial charge in [0.2, 0.25) is 0 Å². The Bertz CT molecular complexity index is 814. The summed E-state index contributed by atoms with van der Waals surface area (Å²) < 4.78 is 5.35. The Morgan fingerprint density at radius 2 is 2.14 bits per heavy atom. The van der Waals surface area contributed by atoms with Gasteiger partial charge in [0.15, 0.2) is 0 Å². The van der Waals surface area contributed by atoms with Crippen LogP contribution in [0.2, 0.25) is 0 Å². The zero-order chi connectivity index (χ0) is 14.8. The van der Waals surface area contributed by atoms with Gasteiger partial charge in [0, 0.05) is 11.6 Å². The second-order valence-corrected chi connectivity index (χ2v) is 5.42. The highest BCUT2D eigenvalue weighted by Gasteiger charge is 2.18. The van der Waals surface area contributed by atoms with E-state index >= 15 is 0 Å². The van der Waals surface area contributed by atoms with Gasteiger partial charge in [-0.3, -0.25) is 9.78 Å². The summed E-state index contributed by atoms with van der Waals surface area (Å²) in [6.07, 6.45) is 3.36. The Morgan fingerprint density at radius 1 is 1.33 bits per heavy atom. The molecule has 3 rings (SSSR count). The minimum absolute atomic E-state index is 0.383. The molecule has 21 heavy (non-hydrogen) atoms. The number of carbonyl (C=O) groups excluding carboxylic acids is 1. The van der Waals surface area contributed by atoms with Gasteiger partial charge in [-0.1, -0.05) is 23.9 Å². The van der Waals surface area contributed by atoms with Crippen LogP contribution >= 0.6 is 11.8 Å². The Kier molecular flexibility index (Phi) is 3.53. The van der Waals surface area contributed by atoms with Gasteiger partial charge in [-0.05, 0) is 18.2 Å². The largest absolute Gasteiger partial charge is 0.496 e. The number of nitrogens with one attached hydrogen (secondary N) is 1. The van der Waals surface area contributed by atoms with Crippen molar-refractivity contribution in [3.63, 3.8) is 0 Å². The molecule has 2 heterocycles. The zero-order valence-electron chi connectivity index (χ0n) is 11.3. The second kappa shape index (κ2) is 5.49. The van der Waals surface area contributed by atoms with Gasteiger partial charge in [-0.15, -0.1) is 0 Å². The van der Waals surface area contributed by atoms with Crippen LogP contribution in [0, 0.1) is 0 Å². The van der Waals surface area contributed by atoms with Crippen molar-refractivity contribution in [1.29, 1.82) is 0 Å². The van der Waals surface area contributed by atoms with Crippen molar-refractivity contribution in [2.75, 3.05) is 7.11 Å². The van der Waals surface area contributed by atoms with Crippen molar-refractivity contribution in [2.24, 2.45) is 5.73 Å². The van der Waals surface area contributed by atoms with Crippen molar-refractivity contribution < 1.29 is 9.53 Å². The van der Waals surface area contributed by atoms with Crippen LogP contribution in [0.5, 0.6) is 5.75 Å². The number of ether oxygens (including phenoxy) is 1. The number of nitrogens with zero attached hydrogens (tertiary/aromatic N) is 1. The fraction of sp³-hybridized carbons (Fsp3) is 0.0667. The van der Waals surface area contributed by atoms with Crippen LogP contribution in [-0.4, -0.2) is 23.0 Å². The Balaban J connectivity index is 2.15. The molecule has 0 atom stereocenters. The van der Waals surface area contributed by atoms with E-state index in [9.17, 15) is 4.79 Å². The van der Waals surface area contributed by atoms with E-state index in [2.05, 4.69) is 9.97 Å². The Labute approximate surface area is 125 Å². The number of pyridine rings is 1. The van der Waals surface area contributed by atoms with Crippen LogP contribution in [0.25, 0.3) is 10.9 Å². The molecular formula is C15H13N3O2S. The van der Waals surface area contributed by atoms with Gasteiger partial charge in [-0.25, -0.2) is 0 Å². The molecule has 3 N–H and O–H groups in total. The van der Waals surface area contributed by atoms with Crippen molar-refractivity contribution in [1.82, 2.24) is 9.97 Å².